The van der Waals surface area contributed by atoms with Gasteiger partial charge in [0.05, 0.1) is 23.0 Å². The number of amides is 1. The molecule has 0 aliphatic carbocycles. The van der Waals surface area contributed by atoms with Crippen LogP contribution in [0.3, 0.4) is 0 Å². The molecule has 0 saturated heterocycles. The quantitative estimate of drug-likeness (QED) is 0.802. The molecule has 0 spiro atoms. The summed E-state index contributed by atoms with van der Waals surface area (Å²) in [5.41, 5.74) is 2.38. The number of fused-ring (bicyclic) bond motifs is 1. The number of nitrogens with zero attached hydrogens (tertiary/aromatic N) is 1. The first-order valence-electron chi connectivity index (χ1n) is 6.91. The van der Waals surface area contributed by atoms with Gasteiger partial charge in [0.2, 0.25) is 10.0 Å². The highest BCUT2D eigenvalue weighted by Crippen LogP contribution is 2.24. The first kappa shape index (κ1) is 15.2. The molecule has 1 N–H and O–H groups in total. The molecule has 0 fully saturated rings. The minimum Gasteiger partial charge on any atom is -0.268 e. The zero-order valence-electron chi connectivity index (χ0n) is 12.4. The van der Waals surface area contributed by atoms with Gasteiger partial charge in [-0.1, -0.05) is 48.5 Å². The number of carbonyl (C=O) groups is 1. The van der Waals surface area contributed by atoms with Crippen molar-refractivity contribution in [3.8, 4) is 11.3 Å². The predicted molar refractivity (Wildman–Crippen MR) is 89.5 cm³/mol. The van der Waals surface area contributed by atoms with Crippen LogP contribution in [-0.2, 0) is 10.0 Å². The van der Waals surface area contributed by atoms with E-state index in [0.717, 1.165) is 11.8 Å². The maximum atomic E-state index is 12.3. The number of rotatable bonds is 3. The summed E-state index contributed by atoms with van der Waals surface area (Å²) >= 11 is 0. The molecule has 1 aromatic heterocycles. The van der Waals surface area contributed by atoms with Crippen LogP contribution in [0.5, 0.6) is 0 Å². The lowest BCUT2D eigenvalue weighted by molar-refractivity contribution is 0.0983. The van der Waals surface area contributed by atoms with Crippen molar-refractivity contribution in [1.82, 2.24) is 9.71 Å². The first-order chi connectivity index (χ1) is 10.9. The summed E-state index contributed by atoms with van der Waals surface area (Å²) in [6.45, 7) is 0. The van der Waals surface area contributed by atoms with Gasteiger partial charge >= 0.3 is 0 Å². The van der Waals surface area contributed by atoms with E-state index in [4.69, 9.17) is 0 Å². The lowest BCUT2D eigenvalue weighted by atomic mass is 10.0. The van der Waals surface area contributed by atoms with Crippen LogP contribution >= 0.6 is 0 Å². The molecule has 1 amide bonds. The Morgan fingerprint density at radius 1 is 1.00 bits per heavy atom. The Hall–Kier alpha value is -2.73. The van der Waals surface area contributed by atoms with Crippen LogP contribution in [0.4, 0.5) is 0 Å². The van der Waals surface area contributed by atoms with Crippen LogP contribution in [0.2, 0.25) is 0 Å². The van der Waals surface area contributed by atoms with Crippen molar-refractivity contribution >= 4 is 26.8 Å². The predicted octanol–water partition coefficient (Wildman–Crippen LogP) is 2.59. The third-order valence-corrected chi connectivity index (χ3v) is 3.86. The fraction of sp³-hybridized carbons (Fsp3) is 0.0588. The van der Waals surface area contributed by atoms with Crippen LogP contribution < -0.4 is 4.72 Å². The molecule has 0 aliphatic rings. The van der Waals surface area contributed by atoms with Crippen LogP contribution in [0, 0.1) is 0 Å². The van der Waals surface area contributed by atoms with E-state index in [0.29, 0.717) is 16.6 Å². The number of para-hydroxylation sites is 1. The summed E-state index contributed by atoms with van der Waals surface area (Å²) in [6.07, 6.45) is 0.951. The number of hydrogen-bond donors (Lipinski definition) is 1. The minimum atomic E-state index is -3.64. The zero-order valence-corrected chi connectivity index (χ0v) is 13.2. The maximum absolute atomic E-state index is 12.3. The van der Waals surface area contributed by atoms with Gasteiger partial charge < -0.3 is 0 Å². The van der Waals surface area contributed by atoms with Crippen LogP contribution in [0.15, 0.2) is 60.7 Å². The fourth-order valence-corrected chi connectivity index (χ4v) is 2.79. The Balaban J connectivity index is 2.21. The molecule has 116 valence electrons. The molecule has 3 rings (SSSR count). The van der Waals surface area contributed by atoms with Gasteiger partial charge in [0.15, 0.2) is 0 Å². The lowest BCUT2D eigenvalue weighted by Crippen LogP contribution is -2.29. The smallest absolute Gasteiger partial charge is 0.265 e. The average molecular weight is 326 g/mol. The largest absolute Gasteiger partial charge is 0.268 e. The van der Waals surface area contributed by atoms with Gasteiger partial charge in [0, 0.05) is 10.9 Å². The summed E-state index contributed by atoms with van der Waals surface area (Å²) in [5.74, 6) is -0.664. The van der Waals surface area contributed by atoms with Crippen LogP contribution in [0.1, 0.15) is 10.4 Å². The summed E-state index contributed by atoms with van der Waals surface area (Å²) in [4.78, 5) is 16.9. The molecular formula is C17H14N2O3S. The van der Waals surface area contributed by atoms with E-state index < -0.39 is 15.9 Å². The molecule has 5 nitrogen and oxygen atoms in total. The topological polar surface area (TPSA) is 76.1 Å². The highest BCUT2D eigenvalue weighted by atomic mass is 32.2. The summed E-state index contributed by atoms with van der Waals surface area (Å²) < 4.78 is 24.7. The Morgan fingerprint density at radius 3 is 2.35 bits per heavy atom. The Labute approximate surface area is 134 Å². The molecule has 0 aliphatic heterocycles. The monoisotopic (exact) mass is 326 g/mol. The maximum Gasteiger partial charge on any atom is 0.265 e. The van der Waals surface area contributed by atoms with Crippen molar-refractivity contribution in [2.24, 2.45) is 0 Å². The van der Waals surface area contributed by atoms with E-state index in [1.165, 1.54) is 0 Å². The average Bonchev–Trinajstić information content (AvgIpc) is 2.53. The molecule has 0 unspecified atom stereocenters. The number of hydrogen-bond acceptors (Lipinski definition) is 4. The Morgan fingerprint density at radius 2 is 1.65 bits per heavy atom. The Bertz CT molecular complexity index is 983. The highest BCUT2D eigenvalue weighted by molar-refractivity contribution is 7.89. The second-order valence-corrected chi connectivity index (χ2v) is 6.89. The molecule has 0 atom stereocenters. The third kappa shape index (κ3) is 3.37. The van der Waals surface area contributed by atoms with Gasteiger partial charge in [-0.2, -0.15) is 0 Å². The lowest BCUT2D eigenvalue weighted by Gasteiger charge is -2.09. The van der Waals surface area contributed by atoms with Gasteiger partial charge in [-0.05, 0) is 12.1 Å². The third-order valence-electron chi connectivity index (χ3n) is 3.31. The standard InChI is InChI=1S/C17H14N2O3S/c1-23(21,22)19-17(20)14-11-16(12-7-3-2-4-8-12)18-15-10-6-5-9-13(14)15/h2-11H,1H3,(H,19,20). The van der Waals surface area contributed by atoms with E-state index in [9.17, 15) is 13.2 Å². The first-order valence-corrected chi connectivity index (χ1v) is 8.80. The SMILES string of the molecule is CS(=O)(=O)NC(=O)c1cc(-c2ccccc2)nc2ccccc12. The molecule has 0 saturated carbocycles. The molecule has 6 heteroatoms. The van der Waals surface area contributed by atoms with E-state index in [1.54, 1.807) is 24.3 Å². The van der Waals surface area contributed by atoms with Crippen molar-refractivity contribution in [1.29, 1.82) is 0 Å². The number of benzene rings is 2. The van der Waals surface area contributed by atoms with Gasteiger partial charge in [0.1, 0.15) is 0 Å². The number of carbonyl (C=O) groups excluding carboxylic acids is 1. The molecule has 1 heterocycles. The molecule has 0 bridgehead atoms. The second kappa shape index (κ2) is 5.81. The highest BCUT2D eigenvalue weighted by Gasteiger charge is 2.16. The fourth-order valence-electron chi connectivity index (χ4n) is 2.34. The van der Waals surface area contributed by atoms with Gasteiger partial charge in [-0.3, -0.25) is 4.79 Å². The zero-order chi connectivity index (χ0) is 16.4. The van der Waals surface area contributed by atoms with Crippen molar-refractivity contribution in [2.45, 2.75) is 0 Å². The normalized spacial score (nSPS) is 11.3. The molecule has 3 aromatic rings. The van der Waals surface area contributed by atoms with Crippen molar-refractivity contribution in [2.75, 3.05) is 6.26 Å². The van der Waals surface area contributed by atoms with Crippen LogP contribution in [-0.4, -0.2) is 25.6 Å². The summed E-state index contributed by atoms with van der Waals surface area (Å²) in [5, 5.41) is 0.605. The second-order valence-electron chi connectivity index (χ2n) is 5.14. The van der Waals surface area contributed by atoms with Gasteiger partial charge in [-0.25, -0.2) is 18.1 Å². The number of sulfonamides is 1. The summed E-state index contributed by atoms with van der Waals surface area (Å²) in [7, 11) is -3.64. The van der Waals surface area contributed by atoms with E-state index >= 15 is 0 Å². The number of aromatic nitrogens is 1. The Kier molecular flexibility index (Phi) is 3.83. The van der Waals surface area contributed by atoms with E-state index in [-0.39, 0.29) is 5.56 Å². The molecular weight excluding hydrogens is 312 g/mol. The molecule has 0 radical (unpaired) electrons. The van der Waals surface area contributed by atoms with Crippen molar-refractivity contribution < 1.29 is 13.2 Å². The van der Waals surface area contributed by atoms with E-state index in [2.05, 4.69) is 4.98 Å². The van der Waals surface area contributed by atoms with Gasteiger partial charge in [-0.15, -0.1) is 0 Å². The van der Waals surface area contributed by atoms with Crippen molar-refractivity contribution in [3.63, 3.8) is 0 Å². The van der Waals surface area contributed by atoms with Gasteiger partial charge in [0.25, 0.3) is 5.91 Å². The van der Waals surface area contributed by atoms with E-state index in [1.807, 2.05) is 41.1 Å². The minimum absolute atomic E-state index is 0.278. The summed E-state index contributed by atoms with van der Waals surface area (Å²) in [6, 6.07) is 18.2. The number of nitrogens with one attached hydrogen (secondary N) is 1. The molecule has 23 heavy (non-hydrogen) atoms. The number of pyridine rings is 1. The molecule has 2 aromatic carbocycles. The van der Waals surface area contributed by atoms with Crippen LogP contribution in [0.25, 0.3) is 22.2 Å². The van der Waals surface area contributed by atoms with Crippen molar-refractivity contribution in [3.05, 3.63) is 66.2 Å².